The van der Waals surface area contributed by atoms with Crippen LogP contribution in [0.5, 0.6) is 11.5 Å². The van der Waals surface area contributed by atoms with Crippen molar-refractivity contribution >= 4 is 27.5 Å². The number of hydrogen-bond acceptors (Lipinski definition) is 3. The lowest BCUT2D eigenvalue weighted by atomic mass is 10.1. The van der Waals surface area contributed by atoms with Gasteiger partial charge in [0.15, 0.2) is 0 Å². The molecule has 0 aliphatic rings. The molecule has 0 aromatic heterocycles. The van der Waals surface area contributed by atoms with Crippen LogP contribution in [0, 0.1) is 6.92 Å². The third kappa shape index (κ3) is 2.93. The molecular formula is C15H14BrNO3. The number of nitrogens with one attached hydrogen (secondary N) is 1. The molecule has 0 saturated heterocycles. The second-order valence-corrected chi connectivity index (χ2v) is 5.07. The fourth-order valence-electron chi connectivity index (χ4n) is 1.76. The van der Waals surface area contributed by atoms with Crippen molar-refractivity contribution in [2.75, 3.05) is 12.4 Å². The Bertz CT molecular complexity index is 656. The Morgan fingerprint density at radius 3 is 2.75 bits per heavy atom. The topological polar surface area (TPSA) is 58.6 Å². The number of halogens is 1. The molecule has 20 heavy (non-hydrogen) atoms. The number of aromatic hydroxyl groups is 1. The van der Waals surface area contributed by atoms with Gasteiger partial charge in [-0.25, -0.2) is 0 Å². The van der Waals surface area contributed by atoms with Crippen molar-refractivity contribution in [2.45, 2.75) is 6.92 Å². The normalized spacial score (nSPS) is 10.2. The van der Waals surface area contributed by atoms with Crippen LogP contribution in [0.3, 0.4) is 0 Å². The van der Waals surface area contributed by atoms with Gasteiger partial charge < -0.3 is 15.2 Å². The first-order valence-electron chi connectivity index (χ1n) is 5.96. The van der Waals surface area contributed by atoms with Crippen LogP contribution < -0.4 is 10.1 Å². The zero-order chi connectivity index (χ0) is 14.7. The molecule has 0 spiro atoms. The van der Waals surface area contributed by atoms with Crippen molar-refractivity contribution in [3.8, 4) is 11.5 Å². The van der Waals surface area contributed by atoms with Crippen molar-refractivity contribution in [3.63, 3.8) is 0 Å². The summed E-state index contributed by atoms with van der Waals surface area (Å²) in [5.74, 6) is 0.0241. The fraction of sp³-hybridized carbons (Fsp3) is 0.133. The maximum absolute atomic E-state index is 12.2. The lowest BCUT2D eigenvalue weighted by Crippen LogP contribution is -2.12. The summed E-state index contributed by atoms with van der Waals surface area (Å²) in [5.41, 5.74) is 1.83. The second kappa shape index (κ2) is 5.96. The van der Waals surface area contributed by atoms with Crippen LogP contribution in [-0.4, -0.2) is 18.1 Å². The highest BCUT2D eigenvalue weighted by Crippen LogP contribution is 2.28. The first-order chi connectivity index (χ1) is 9.52. The van der Waals surface area contributed by atoms with Crippen molar-refractivity contribution < 1.29 is 14.6 Å². The van der Waals surface area contributed by atoms with E-state index in [1.807, 2.05) is 19.1 Å². The number of phenols is 1. The Labute approximate surface area is 125 Å². The van der Waals surface area contributed by atoms with Gasteiger partial charge in [-0.3, -0.25) is 4.79 Å². The number of carbonyl (C=O) groups is 1. The molecule has 0 atom stereocenters. The number of aryl methyl sites for hydroxylation is 1. The Balaban J connectivity index is 2.30. The summed E-state index contributed by atoms with van der Waals surface area (Å²) in [6.45, 7) is 1.93. The zero-order valence-electron chi connectivity index (χ0n) is 11.1. The predicted octanol–water partition coefficient (Wildman–Crippen LogP) is 3.72. The molecule has 5 heteroatoms. The Morgan fingerprint density at radius 1 is 1.30 bits per heavy atom. The Kier molecular flexibility index (Phi) is 4.29. The molecule has 1 amide bonds. The number of carbonyl (C=O) groups excluding carboxylic acids is 1. The molecule has 0 saturated carbocycles. The molecule has 0 aliphatic carbocycles. The van der Waals surface area contributed by atoms with Crippen LogP contribution in [0.25, 0.3) is 0 Å². The van der Waals surface area contributed by atoms with Crippen LogP contribution >= 0.6 is 15.9 Å². The molecule has 2 aromatic carbocycles. The molecule has 0 fully saturated rings. The summed E-state index contributed by atoms with van der Waals surface area (Å²) < 4.78 is 5.87. The van der Waals surface area contributed by atoms with Gasteiger partial charge in [0.2, 0.25) is 0 Å². The summed E-state index contributed by atoms with van der Waals surface area (Å²) >= 11 is 3.43. The van der Waals surface area contributed by atoms with Gasteiger partial charge in [0.1, 0.15) is 11.5 Å². The lowest BCUT2D eigenvalue weighted by molar-refractivity contribution is 0.102. The predicted molar refractivity (Wildman–Crippen MR) is 81.5 cm³/mol. The van der Waals surface area contributed by atoms with Gasteiger partial charge in [-0.15, -0.1) is 0 Å². The standard InChI is InChI=1S/C15H14BrNO3/c1-9-4-3-5-12(14(9)16)17-15(19)11-8-10(20-2)6-7-13(11)18/h3-8,18H,1-2H3,(H,17,19). The van der Waals surface area contributed by atoms with Gasteiger partial charge in [0.05, 0.1) is 18.4 Å². The van der Waals surface area contributed by atoms with E-state index in [0.29, 0.717) is 11.4 Å². The first kappa shape index (κ1) is 14.4. The molecule has 4 nitrogen and oxygen atoms in total. The smallest absolute Gasteiger partial charge is 0.259 e. The first-order valence-corrected chi connectivity index (χ1v) is 6.75. The average molecular weight is 336 g/mol. The minimum atomic E-state index is -0.396. The van der Waals surface area contributed by atoms with Gasteiger partial charge in [-0.2, -0.15) is 0 Å². The highest BCUT2D eigenvalue weighted by molar-refractivity contribution is 9.10. The van der Waals surface area contributed by atoms with E-state index in [4.69, 9.17) is 4.74 Å². The second-order valence-electron chi connectivity index (χ2n) is 4.27. The van der Waals surface area contributed by atoms with Crippen LogP contribution in [0.1, 0.15) is 15.9 Å². The molecule has 2 N–H and O–H groups in total. The van der Waals surface area contributed by atoms with E-state index < -0.39 is 5.91 Å². The zero-order valence-corrected chi connectivity index (χ0v) is 12.7. The highest BCUT2D eigenvalue weighted by Gasteiger charge is 2.14. The van der Waals surface area contributed by atoms with Crippen LogP contribution in [-0.2, 0) is 0 Å². The van der Waals surface area contributed by atoms with Crippen molar-refractivity contribution in [1.29, 1.82) is 0 Å². The molecule has 0 radical (unpaired) electrons. The van der Waals surface area contributed by atoms with E-state index >= 15 is 0 Å². The van der Waals surface area contributed by atoms with E-state index in [9.17, 15) is 9.90 Å². The lowest BCUT2D eigenvalue weighted by Gasteiger charge is -2.11. The molecule has 0 unspecified atom stereocenters. The summed E-state index contributed by atoms with van der Waals surface area (Å²) in [6.07, 6.45) is 0. The third-order valence-corrected chi connectivity index (χ3v) is 3.94. The summed E-state index contributed by atoms with van der Waals surface area (Å²) in [6, 6.07) is 10.1. The van der Waals surface area contributed by atoms with Gasteiger partial charge in [0, 0.05) is 4.47 Å². The average Bonchev–Trinajstić information content (AvgIpc) is 2.44. The number of methoxy groups -OCH3 is 1. The largest absolute Gasteiger partial charge is 0.507 e. The van der Waals surface area contributed by atoms with Gasteiger partial charge >= 0.3 is 0 Å². The van der Waals surface area contributed by atoms with E-state index in [1.165, 1.54) is 19.2 Å². The molecule has 0 heterocycles. The van der Waals surface area contributed by atoms with Crippen molar-refractivity contribution in [2.24, 2.45) is 0 Å². The molecule has 2 rings (SSSR count). The van der Waals surface area contributed by atoms with E-state index in [2.05, 4.69) is 21.2 Å². The van der Waals surface area contributed by atoms with Crippen LogP contribution in [0.2, 0.25) is 0 Å². The molecule has 104 valence electrons. The molecule has 0 bridgehead atoms. The minimum Gasteiger partial charge on any atom is -0.507 e. The Morgan fingerprint density at radius 2 is 2.05 bits per heavy atom. The highest BCUT2D eigenvalue weighted by atomic mass is 79.9. The number of ether oxygens (including phenoxy) is 1. The maximum Gasteiger partial charge on any atom is 0.259 e. The van der Waals surface area contributed by atoms with Crippen molar-refractivity contribution in [3.05, 3.63) is 52.0 Å². The monoisotopic (exact) mass is 335 g/mol. The maximum atomic E-state index is 12.2. The summed E-state index contributed by atoms with van der Waals surface area (Å²) in [7, 11) is 1.51. The SMILES string of the molecule is COc1ccc(O)c(C(=O)Nc2cccc(C)c2Br)c1. The quantitative estimate of drug-likeness (QED) is 0.898. The van der Waals surface area contributed by atoms with Crippen molar-refractivity contribution in [1.82, 2.24) is 0 Å². The molecule has 2 aromatic rings. The summed E-state index contributed by atoms with van der Waals surface area (Å²) in [4.78, 5) is 12.2. The number of anilines is 1. The number of hydrogen-bond donors (Lipinski definition) is 2. The van der Waals surface area contributed by atoms with Gasteiger partial charge in [-0.05, 0) is 52.7 Å². The Hall–Kier alpha value is -2.01. The minimum absolute atomic E-state index is 0.0907. The summed E-state index contributed by atoms with van der Waals surface area (Å²) in [5, 5.41) is 12.5. The fourth-order valence-corrected chi connectivity index (χ4v) is 2.12. The number of rotatable bonds is 3. The molecule has 0 aliphatic heterocycles. The van der Waals surface area contributed by atoms with E-state index in [0.717, 1.165) is 10.0 Å². The molecular weight excluding hydrogens is 322 g/mol. The number of benzene rings is 2. The van der Waals surface area contributed by atoms with E-state index in [-0.39, 0.29) is 11.3 Å². The number of amides is 1. The third-order valence-electron chi connectivity index (χ3n) is 2.89. The van der Waals surface area contributed by atoms with Gasteiger partial charge in [-0.1, -0.05) is 12.1 Å². The van der Waals surface area contributed by atoms with Crippen LogP contribution in [0.4, 0.5) is 5.69 Å². The number of phenolic OH excluding ortho intramolecular Hbond substituents is 1. The van der Waals surface area contributed by atoms with Crippen LogP contribution in [0.15, 0.2) is 40.9 Å². The van der Waals surface area contributed by atoms with Gasteiger partial charge in [0.25, 0.3) is 5.91 Å². The van der Waals surface area contributed by atoms with E-state index in [1.54, 1.807) is 12.1 Å².